The Morgan fingerprint density at radius 3 is 1.93 bits per heavy atom. The standard InChI is InChI=1S/C53H40N4O.Pt/c1-36-25-26-39-32-50-47(31-40(39)30-36)46-28-27-43(34-51(46)57(50)52-24-10-11-29-54-52)58-42-19-12-18-41(33-42)55-35-56(49-23-9-8-22-48(49)55)53-44(37-14-4-2-5-15-37)20-13-21-45(53)38-16-6-3-7-17-38;/h2-24,27-29,31-34,36H,25-26,30H2,1H3;. The summed E-state index contributed by atoms with van der Waals surface area (Å²) < 4.78 is 14.9. The summed E-state index contributed by atoms with van der Waals surface area (Å²) in [5.74, 6) is 3.15. The summed E-state index contributed by atoms with van der Waals surface area (Å²) in [7, 11) is 0. The molecular formula is C53H40N4OPt. The number of imidazole rings is 1. The van der Waals surface area contributed by atoms with E-state index in [2.05, 4.69) is 204 Å². The first-order valence-corrected chi connectivity index (χ1v) is 21.4. The van der Waals surface area contributed by atoms with Gasteiger partial charge in [-0.2, -0.15) is 0 Å². The van der Waals surface area contributed by atoms with Crippen LogP contribution in [-0.4, -0.2) is 18.7 Å². The van der Waals surface area contributed by atoms with E-state index < -0.39 is 0 Å². The van der Waals surface area contributed by atoms with Gasteiger partial charge in [0.1, 0.15) is 0 Å². The molecule has 0 N–H and O–H groups in total. The van der Waals surface area contributed by atoms with E-state index in [-0.39, 0.29) is 0 Å². The third-order valence-electron chi connectivity index (χ3n) is 11.9. The quantitative estimate of drug-likeness (QED) is 0.160. The van der Waals surface area contributed by atoms with E-state index >= 15 is 0 Å². The van der Waals surface area contributed by atoms with Gasteiger partial charge in [0.2, 0.25) is 0 Å². The van der Waals surface area contributed by atoms with Gasteiger partial charge in [0.25, 0.3) is 0 Å². The van der Waals surface area contributed by atoms with Gasteiger partial charge < -0.3 is 0 Å². The van der Waals surface area contributed by atoms with Crippen molar-refractivity contribution in [1.29, 1.82) is 0 Å². The summed E-state index contributed by atoms with van der Waals surface area (Å²) in [5, 5.41) is 2.47. The minimum absolute atomic E-state index is 0.703. The SMILES string of the molecule is CC1CCc2cc3c(cc2C1)c1ccc(Oc2cccc(-n4[c](=[Pt])n(-c5c(-c6ccccc6)cccc5-c5ccccc5)c5ccccc54)c2)cc1n3-c1ccccn1. The molecule has 7 aromatic carbocycles. The molecule has 0 fully saturated rings. The molecule has 6 heteroatoms. The average Bonchev–Trinajstić information content (AvgIpc) is 3.76. The van der Waals surface area contributed by atoms with Gasteiger partial charge in [-0.05, 0) is 42.4 Å². The fraction of sp³-hybridized carbons (Fsp3) is 0.0943. The zero-order chi connectivity index (χ0) is 39.5. The van der Waals surface area contributed by atoms with Crippen LogP contribution in [0.15, 0.2) is 182 Å². The molecule has 59 heavy (non-hydrogen) atoms. The van der Waals surface area contributed by atoms with E-state index in [1.807, 2.05) is 18.3 Å². The summed E-state index contributed by atoms with van der Waals surface area (Å²) in [6, 6.07) is 62.6. The van der Waals surface area contributed by atoms with E-state index in [0.29, 0.717) is 5.92 Å². The number of para-hydroxylation sites is 3. The van der Waals surface area contributed by atoms with Crippen molar-refractivity contribution in [2.75, 3.05) is 0 Å². The van der Waals surface area contributed by atoms with Crippen molar-refractivity contribution >= 4 is 32.8 Å². The van der Waals surface area contributed by atoms with E-state index in [9.17, 15) is 0 Å². The molecule has 1 atom stereocenters. The van der Waals surface area contributed by atoms with Crippen molar-refractivity contribution < 1.29 is 24.1 Å². The van der Waals surface area contributed by atoms with Crippen LogP contribution in [0.1, 0.15) is 24.5 Å². The monoisotopic (exact) mass is 943 g/mol. The predicted octanol–water partition coefficient (Wildman–Crippen LogP) is 13.2. The van der Waals surface area contributed by atoms with E-state index in [0.717, 1.165) is 61.9 Å². The van der Waals surface area contributed by atoms with Crippen LogP contribution in [0.5, 0.6) is 11.5 Å². The first kappa shape index (κ1) is 35.6. The zero-order valence-electron chi connectivity index (χ0n) is 32.5. The number of aryl methyl sites for hydroxylation is 1. The van der Waals surface area contributed by atoms with E-state index in [4.69, 9.17) is 9.72 Å². The Hall–Kier alpha value is -6.55. The van der Waals surface area contributed by atoms with Crippen LogP contribution >= 0.6 is 0 Å². The second-order valence-corrected chi connectivity index (χ2v) is 16.6. The van der Waals surface area contributed by atoms with Crippen LogP contribution in [0.2, 0.25) is 0 Å². The van der Waals surface area contributed by atoms with Gasteiger partial charge in [-0.1, -0.05) is 13.0 Å². The molecular weight excluding hydrogens is 904 g/mol. The summed E-state index contributed by atoms with van der Waals surface area (Å²) in [4.78, 5) is 4.82. The van der Waals surface area contributed by atoms with E-state index in [1.165, 1.54) is 56.1 Å². The average molecular weight is 944 g/mol. The molecule has 10 aromatic rings. The molecule has 1 aliphatic rings. The summed E-state index contributed by atoms with van der Waals surface area (Å²) >= 11 is 2.50. The van der Waals surface area contributed by atoms with E-state index in [1.54, 1.807) is 0 Å². The van der Waals surface area contributed by atoms with Crippen LogP contribution in [0, 0.1) is 9.72 Å². The molecule has 11 rings (SSSR count). The van der Waals surface area contributed by atoms with Crippen molar-refractivity contribution in [2.45, 2.75) is 26.2 Å². The molecule has 288 valence electrons. The molecule has 0 saturated carbocycles. The zero-order valence-corrected chi connectivity index (χ0v) is 34.8. The van der Waals surface area contributed by atoms with Gasteiger partial charge in [-0.15, -0.1) is 0 Å². The smallest absolute Gasteiger partial charge is 0.0570 e. The van der Waals surface area contributed by atoms with Crippen LogP contribution in [0.3, 0.4) is 0 Å². The fourth-order valence-electron chi connectivity index (χ4n) is 9.11. The number of nitrogens with zero attached hydrogens (tertiary/aromatic N) is 4. The minimum atomic E-state index is 0.703. The fourth-order valence-corrected chi connectivity index (χ4v) is 10.2. The second kappa shape index (κ2) is 14.7. The number of hydrogen-bond acceptors (Lipinski definition) is 2. The van der Waals surface area contributed by atoms with Gasteiger partial charge >= 0.3 is 294 Å². The third kappa shape index (κ3) is 6.20. The molecule has 0 radical (unpaired) electrons. The van der Waals surface area contributed by atoms with Crippen molar-refractivity contribution in [3.05, 3.63) is 197 Å². The van der Waals surface area contributed by atoms with Gasteiger partial charge in [0.15, 0.2) is 0 Å². The summed E-state index contributed by atoms with van der Waals surface area (Å²) in [6.45, 7) is 2.37. The number of benzene rings is 7. The number of aromatic nitrogens is 4. The molecule has 0 aliphatic heterocycles. The van der Waals surface area contributed by atoms with Crippen molar-refractivity contribution in [2.24, 2.45) is 5.92 Å². The van der Waals surface area contributed by atoms with Crippen molar-refractivity contribution in [3.8, 4) is 50.9 Å². The normalized spacial score (nSPS) is 13.9. The summed E-state index contributed by atoms with van der Waals surface area (Å²) in [5.41, 5.74) is 14.3. The van der Waals surface area contributed by atoms with Gasteiger partial charge in [-0.25, -0.2) is 0 Å². The molecule has 0 spiro atoms. The Kier molecular flexibility index (Phi) is 8.86. The Bertz CT molecular complexity index is 3200. The molecule has 3 aromatic heterocycles. The second-order valence-electron chi connectivity index (χ2n) is 15.6. The minimum Gasteiger partial charge on any atom is -0.0570 e. The van der Waals surface area contributed by atoms with Crippen LogP contribution < -0.4 is 4.74 Å². The summed E-state index contributed by atoms with van der Waals surface area (Å²) in [6.07, 6.45) is 5.34. The van der Waals surface area contributed by atoms with Crippen LogP contribution in [-0.2, 0) is 32.2 Å². The molecule has 3 heterocycles. The molecule has 0 bridgehead atoms. The first-order chi connectivity index (χ1) is 29.1. The number of pyridine rings is 1. The van der Waals surface area contributed by atoms with Gasteiger partial charge in [0, 0.05) is 6.20 Å². The molecule has 1 aliphatic carbocycles. The number of hydrogen-bond donors (Lipinski definition) is 0. The number of rotatable bonds is 7. The van der Waals surface area contributed by atoms with Crippen molar-refractivity contribution in [3.63, 3.8) is 0 Å². The Morgan fingerprint density at radius 1 is 0.542 bits per heavy atom. The van der Waals surface area contributed by atoms with Crippen LogP contribution in [0.4, 0.5) is 0 Å². The molecule has 0 saturated heterocycles. The van der Waals surface area contributed by atoms with Gasteiger partial charge in [-0.3, -0.25) is 0 Å². The van der Waals surface area contributed by atoms with Crippen molar-refractivity contribution in [1.82, 2.24) is 18.7 Å². The Morgan fingerprint density at radius 2 is 1.20 bits per heavy atom. The Balaban J connectivity index is 1.04. The number of ether oxygens (including phenoxy) is 1. The number of fused-ring (bicyclic) bond motifs is 5. The maximum atomic E-state index is 6.79. The molecule has 1 unspecified atom stereocenters. The topological polar surface area (TPSA) is 36.9 Å². The van der Waals surface area contributed by atoms with Crippen LogP contribution in [0.25, 0.3) is 72.3 Å². The first-order valence-electron chi connectivity index (χ1n) is 20.3. The maximum absolute atomic E-state index is 6.79. The predicted molar refractivity (Wildman–Crippen MR) is 237 cm³/mol. The Labute approximate surface area is 353 Å². The van der Waals surface area contributed by atoms with Gasteiger partial charge in [0.05, 0.1) is 0 Å². The third-order valence-corrected chi connectivity index (χ3v) is 12.9. The molecule has 5 nitrogen and oxygen atoms in total. The molecule has 0 amide bonds.